The number of carbonyl (C=O) groups is 2. The molecule has 0 saturated carbocycles. The third-order valence-electron chi connectivity index (χ3n) is 3.95. The highest BCUT2D eigenvalue weighted by molar-refractivity contribution is 7.24. The van der Waals surface area contributed by atoms with Gasteiger partial charge >= 0.3 is 5.97 Å². The highest BCUT2D eigenvalue weighted by Crippen LogP contribution is 2.38. The van der Waals surface area contributed by atoms with Crippen molar-refractivity contribution in [3.63, 3.8) is 0 Å². The molecule has 146 valence electrons. The molecule has 0 unspecified atom stereocenters. The van der Waals surface area contributed by atoms with Gasteiger partial charge in [0.15, 0.2) is 5.78 Å². The van der Waals surface area contributed by atoms with Crippen molar-refractivity contribution in [2.45, 2.75) is 27.2 Å². The largest absolute Gasteiger partial charge is 0.497 e. The average Bonchev–Trinajstić information content (AvgIpc) is 3.27. The number of ketones is 1. The summed E-state index contributed by atoms with van der Waals surface area (Å²) < 4.78 is 5.27. The summed E-state index contributed by atoms with van der Waals surface area (Å²) in [5, 5.41) is 10.1. The van der Waals surface area contributed by atoms with Crippen LogP contribution < -0.4 is 4.74 Å². The zero-order chi connectivity index (χ0) is 20.5. The molecule has 2 aromatic heterocycles. The van der Waals surface area contributed by atoms with Gasteiger partial charge in [-0.05, 0) is 35.2 Å². The first kappa shape index (κ1) is 20.2. The first-order chi connectivity index (χ1) is 13.2. The molecule has 1 aromatic carbocycles. The molecule has 0 amide bonds. The second-order valence-corrected chi connectivity index (χ2v) is 9.64. The summed E-state index contributed by atoms with van der Waals surface area (Å²) in [5.74, 6) is -0.590. The normalized spacial score (nSPS) is 11.4. The molecule has 0 radical (unpaired) electrons. The zero-order valence-corrected chi connectivity index (χ0v) is 17.7. The number of aromatic carboxylic acids is 1. The van der Waals surface area contributed by atoms with Gasteiger partial charge in [0.25, 0.3) is 0 Å². The minimum Gasteiger partial charge on any atom is -0.497 e. The van der Waals surface area contributed by atoms with Gasteiger partial charge in [-0.2, -0.15) is 0 Å². The van der Waals surface area contributed by atoms with Gasteiger partial charge in [-0.25, -0.2) is 9.78 Å². The number of Topliss-reactive ketones (excluding diaryl/α,β-unsaturated/α-hetero) is 1. The van der Waals surface area contributed by atoms with E-state index in [1.807, 2.05) is 57.2 Å². The summed E-state index contributed by atoms with van der Waals surface area (Å²) >= 11 is 2.55. The number of thiazole rings is 1. The number of aromatic nitrogens is 1. The van der Waals surface area contributed by atoms with Crippen LogP contribution in [0.15, 0.2) is 36.4 Å². The highest BCUT2D eigenvalue weighted by atomic mass is 32.1. The number of ether oxygens (including phenoxy) is 1. The molecule has 7 heteroatoms. The van der Waals surface area contributed by atoms with Crippen molar-refractivity contribution in [3.05, 3.63) is 47.0 Å². The van der Waals surface area contributed by atoms with E-state index >= 15 is 0 Å². The van der Waals surface area contributed by atoms with E-state index in [1.54, 1.807) is 7.11 Å². The number of nitrogens with zero attached hydrogens (tertiary/aromatic N) is 1. The summed E-state index contributed by atoms with van der Waals surface area (Å²) in [5.41, 5.74) is 0.826. The van der Waals surface area contributed by atoms with Gasteiger partial charge in [0, 0.05) is 11.3 Å². The van der Waals surface area contributed by atoms with Crippen molar-refractivity contribution in [3.8, 4) is 26.1 Å². The molecule has 0 saturated heterocycles. The number of hydrogen-bond acceptors (Lipinski definition) is 6. The zero-order valence-electron chi connectivity index (χ0n) is 16.1. The molecule has 0 aliphatic rings. The first-order valence-corrected chi connectivity index (χ1v) is 10.3. The lowest BCUT2D eigenvalue weighted by Crippen LogP contribution is -2.15. The third-order valence-corrected chi connectivity index (χ3v) is 6.29. The van der Waals surface area contributed by atoms with Crippen molar-refractivity contribution in [1.29, 1.82) is 0 Å². The van der Waals surface area contributed by atoms with E-state index in [1.165, 1.54) is 11.3 Å². The molecule has 5 nitrogen and oxygen atoms in total. The number of methoxy groups -OCH3 is 1. The summed E-state index contributed by atoms with van der Waals surface area (Å²) in [6.07, 6.45) is 0.246. The van der Waals surface area contributed by atoms with Crippen LogP contribution in [-0.2, 0) is 0 Å². The predicted molar refractivity (Wildman–Crippen MR) is 113 cm³/mol. The maximum Gasteiger partial charge on any atom is 0.348 e. The molecule has 0 aliphatic carbocycles. The smallest absolute Gasteiger partial charge is 0.348 e. The molecule has 3 aromatic rings. The third kappa shape index (κ3) is 4.48. The maximum absolute atomic E-state index is 12.6. The van der Waals surface area contributed by atoms with Crippen LogP contribution in [-0.4, -0.2) is 29.0 Å². The van der Waals surface area contributed by atoms with E-state index in [2.05, 4.69) is 4.98 Å². The maximum atomic E-state index is 12.6. The lowest BCUT2D eigenvalue weighted by atomic mass is 9.89. The van der Waals surface area contributed by atoms with Gasteiger partial charge in [0.05, 0.1) is 12.0 Å². The Hall–Kier alpha value is -2.51. The van der Waals surface area contributed by atoms with Crippen molar-refractivity contribution in [2.75, 3.05) is 7.11 Å². The molecule has 0 bridgehead atoms. The highest BCUT2D eigenvalue weighted by Gasteiger charge is 2.27. The van der Waals surface area contributed by atoms with Gasteiger partial charge in [-0.1, -0.05) is 32.9 Å². The molecule has 1 N–H and O–H groups in total. The van der Waals surface area contributed by atoms with E-state index < -0.39 is 5.97 Å². The van der Waals surface area contributed by atoms with Crippen LogP contribution in [0, 0.1) is 5.41 Å². The van der Waals surface area contributed by atoms with E-state index in [0.29, 0.717) is 5.01 Å². The number of benzene rings is 1. The van der Waals surface area contributed by atoms with E-state index in [-0.39, 0.29) is 28.2 Å². The molecule has 2 heterocycles. The standard InChI is InChI=1S/C21H21NO4S2/c1-21(2,3)11-14(23)17-18(20(24)25)28-19(22-17)16-9-8-15(27-16)12-6-5-7-13(10-12)26-4/h5-10H,11H2,1-4H3,(H,24,25). The summed E-state index contributed by atoms with van der Waals surface area (Å²) in [6.45, 7) is 5.83. The van der Waals surface area contributed by atoms with Crippen LogP contribution >= 0.6 is 22.7 Å². The van der Waals surface area contributed by atoms with Crippen LogP contribution in [0.2, 0.25) is 0 Å². The number of thiophene rings is 1. The number of hydrogen-bond donors (Lipinski definition) is 1. The fourth-order valence-electron chi connectivity index (χ4n) is 2.71. The number of carbonyl (C=O) groups excluding carboxylic acids is 1. The fourth-order valence-corrected chi connectivity index (χ4v) is 4.69. The SMILES string of the molecule is COc1cccc(-c2ccc(-c3nc(C(=O)CC(C)(C)C)c(C(=O)O)s3)s2)c1. The fraction of sp³-hybridized carbons (Fsp3) is 0.286. The Bertz CT molecular complexity index is 1030. The molecule has 3 rings (SSSR count). The number of carboxylic acids is 1. The van der Waals surface area contributed by atoms with Crippen LogP contribution in [0.4, 0.5) is 0 Å². The Labute approximate surface area is 171 Å². The Kier molecular flexibility index (Phi) is 5.67. The topological polar surface area (TPSA) is 76.5 Å². The number of rotatable bonds is 6. The Morgan fingerprint density at radius 3 is 2.46 bits per heavy atom. The van der Waals surface area contributed by atoms with Crippen molar-refractivity contribution in [1.82, 2.24) is 4.98 Å². The Morgan fingerprint density at radius 1 is 1.11 bits per heavy atom. The molecular formula is C21H21NO4S2. The van der Waals surface area contributed by atoms with E-state index in [9.17, 15) is 14.7 Å². The van der Waals surface area contributed by atoms with Crippen molar-refractivity contribution < 1.29 is 19.4 Å². The minimum atomic E-state index is -1.12. The van der Waals surface area contributed by atoms with E-state index in [0.717, 1.165) is 32.4 Å². The van der Waals surface area contributed by atoms with Gasteiger partial charge in [0.2, 0.25) is 0 Å². The molecular weight excluding hydrogens is 394 g/mol. The molecule has 0 atom stereocenters. The first-order valence-electron chi connectivity index (χ1n) is 8.70. The van der Waals surface area contributed by atoms with Crippen molar-refractivity contribution >= 4 is 34.4 Å². The quantitative estimate of drug-likeness (QED) is 0.510. The minimum absolute atomic E-state index is 0.000537. The van der Waals surface area contributed by atoms with Gasteiger partial charge < -0.3 is 9.84 Å². The monoisotopic (exact) mass is 415 g/mol. The van der Waals surface area contributed by atoms with Crippen LogP contribution in [0.1, 0.15) is 47.4 Å². The van der Waals surface area contributed by atoms with Crippen LogP contribution in [0.3, 0.4) is 0 Å². The average molecular weight is 416 g/mol. The van der Waals surface area contributed by atoms with E-state index in [4.69, 9.17) is 4.74 Å². The Balaban J connectivity index is 1.96. The van der Waals surface area contributed by atoms with Gasteiger partial charge in [-0.3, -0.25) is 4.79 Å². The molecule has 0 spiro atoms. The number of carboxylic acid groups (broad SMARTS) is 1. The molecule has 28 heavy (non-hydrogen) atoms. The van der Waals surface area contributed by atoms with Crippen molar-refractivity contribution in [2.24, 2.45) is 5.41 Å². The van der Waals surface area contributed by atoms with Crippen LogP contribution in [0.5, 0.6) is 5.75 Å². The summed E-state index contributed by atoms with van der Waals surface area (Å²) in [6, 6.07) is 11.6. The second-order valence-electron chi connectivity index (χ2n) is 7.56. The summed E-state index contributed by atoms with van der Waals surface area (Å²) in [7, 11) is 1.62. The second kappa shape index (κ2) is 7.85. The predicted octanol–water partition coefficient (Wildman–Crippen LogP) is 5.86. The van der Waals surface area contributed by atoms with Crippen LogP contribution in [0.25, 0.3) is 20.3 Å². The molecule has 0 fully saturated rings. The summed E-state index contributed by atoms with van der Waals surface area (Å²) in [4.78, 5) is 30.5. The Morgan fingerprint density at radius 2 is 1.82 bits per heavy atom. The lowest BCUT2D eigenvalue weighted by molar-refractivity contribution is 0.0695. The lowest BCUT2D eigenvalue weighted by Gasteiger charge is -2.15. The van der Waals surface area contributed by atoms with Gasteiger partial charge in [-0.15, -0.1) is 22.7 Å². The molecule has 0 aliphatic heterocycles. The van der Waals surface area contributed by atoms with Gasteiger partial charge in [0.1, 0.15) is 21.3 Å².